The summed E-state index contributed by atoms with van der Waals surface area (Å²) in [5, 5.41) is 0.478. The Morgan fingerprint density at radius 3 is 2.65 bits per heavy atom. The van der Waals surface area contributed by atoms with E-state index >= 15 is 0 Å². The van der Waals surface area contributed by atoms with Gasteiger partial charge >= 0.3 is 5.63 Å². The quantitative estimate of drug-likeness (QED) is 0.731. The van der Waals surface area contributed by atoms with Gasteiger partial charge in [-0.3, -0.25) is 0 Å². The first-order valence-corrected chi connectivity index (χ1v) is 6.30. The van der Waals surface area contributed by atoms with E-state index in [-0.39, 0.29) is 12.5 Å². The Hall–Kier alpha value is -2.62. The van der Waals surface area contributed by atoms with Crippen LogP contribution >= 0.6 is 0 Å². The number of nitrogens with zero attached hydrogens (tertiary/aromatic N) is 1. The van der Waals surface area contributed by atoms with Crippen LogP contribution in [-0.4, -0.2) is 4.98 Å². The molecule has 0 unspecified atom stereocenters. The predicted octanol–water partition coefficient (Wildman–Crippen LogP) is 3.08. The summed E-state index contributed by atoms with van der Waals surface area (Å²) >= 11 is 0. The zero-order valence-electron chi connectivity index (χ0n) is 11.0. The smallest absolute Gasteiger partial charge is 0.346 e. The van der Waals surface area contributed by atoms with Gasteiger partial charge < -0.3 is 9.15 Å². The first-order valence-electron chi connectivity index (χ1n) is 6.30. The zero-order chi connectivity index (χ0) is 13.9. The number of ether oxygens (including phenoxy) is 1. The van der Waals surface area contributed by atoms with Gasteiger partial charge in [-0.2, -0.15) is 0 Å². The van der Waals surface area contributed by atoms with Crippen LogP contribution in [0.15, 0.2) is 57.7 Å². The Bertz CT molecular complexity index is 791. The summed E-state index contributed by atoms with van der Waals surface area (Å²) in [4.78, 5) is 16.1. The number of aryl methyl sites for hydroxylation is 1. The molecule has 0 spiro atoms. The molecule has 1 aromatic heterocycles. The molecule has 100 valence electrons. The van der Waals surface area contributed by atoms with Crippen molar-refractivity contribution in [3.63, 3.8) is 0 Å². The first kappa shape index (κ1) is 12.4. The lowest BCUT2D eigenvalue weighted by Crippen LogP contribution is -2.07. The largest absolute Gasteiger partial charge is 0.484 e. The van der Waals surface area contributed by atoms with Crippen LogP contribution in [0.4, 0.5) is 0 Å². The van der Waals surface area contributed by atoms with Crippen molar-refractivity contribution in [2.75, 3.05) is 0 Å². The van der Waals surface area contributed by atoms with E-state index in [2.05, 4.69) is 4.98 Å². The molecule has 1 heterocycles. The molecule has 0 saturated carbocycles. The SMILES string of the molecule is Cc1ccc(OCc2nc3ccccc3c(=O)o2)cc1. The minimum Gasteiger partial charge on any atom is -0.484 e. The van der Waals surface area contributed by atoms with Crippen molar-refractivity contribution in [2.24, 2.45) is 0 Å². The average molecular weight is 267 g/mol. The van der Waals surface area contributed by atoms with E-state index in [4.69, 9.17) is 9.15 Å². The van der Waals surface area contributed by atoms with Gasteiger partial charge in [0.1, 0.15) is 5.75 Å². The lowest BCUT2D eigenvalue weighted by atomic mass is 10.2. The zero-order valence-corrected chi connectivity index (χ0v) is 11.0. The van der Waals surface area contributed by atoms with Gasteiger partial charge in [-0.1, -0.05) is 29.8 Å². The fraction of sp³-hybridized carbons (Fsp3) is 0.125. The topological polar surface area (TPSA) is 52.3 Å². The van der Waals surface area contributed by atoms with Gasteiger partial charge in [-0.15, -0.1) is 0 Å². The summed E-state index contributed by atoms with van der Waals surface area (Å²) in [6.45, 7) is 2.14. The van der Waals surface area contributed by atoms with Gasteiger partial charge in [0.15, 0.2) is 6.61 Å². The number of hydrogen-bond donors (Lipinski definition) is 0. The van der Waals surface area contributed by atoms with E-state index in [1.54, 1.807) is 18.2 Å². The molecule has 3 rings (SSSR count). The average Bonchev–Trinajstić information content (AvgIpc) is 2.47. The number of fused-ring (bicyclic) bond motifs is 1. The number of benzene rings is 2. The third-order valence-corrected chi connectivity index (χ3v) is 2.96. The van der Waals surface area contributed by atoms with Crippen LogP contribution in [0.2, 0.25) is 0 Å². The van der Waals surface area contributed by atoms with E-state index in [1.165, 1.54) is 0 Å². The Morgan fingerprint density at radius 1 is 1.10 bits per heavy atom. The highest BCUT2D eigenvalue weighted by Gasteiger charge is 2.06. The normalized spacial score (nSPS) is 10.7. The third kappa shape index (κ3) is 2.54. The number of rotatable bonds is 3. The van der Waals surface area contributed by atoms with Crippen LogP contribution in [0.25, 0.3) is 10.9 Å². The highest BCUT2D eigenvalue weighted by molar-refractivity contribution is 5.76. The van der Waals surface area contributed by atoms with E-state index in [9.17, 15) is 4.79 Å². The number of hydrogen-bond acceptors (Lipinski definition) is 4. The molecule has 0 aliphatic carbocycles. The van der Waals surface area contributed by atoms with Crippen LogP contribution in [-0.2, 0) is 6.61 Å². The van der Waals surface area contributed by atoms with Crippen molar-refractivity contribution >= 4 is 10.9 Å². The van der Waals surface area contributed by atoms with Crippen LogP contribution in [0.1, 0.15) is 11.5 Å². The van der Waals surface area contributed by atoms with Gasteiger partial charge in [0.05, 0.1) is 10.9 Å². The molecule has 0 fully saturated rings. The molecule has 0 aliphatic rings. The van der Waals surface area contributed by atoms with E-state index in [0.29, 0.717) is 16.7 Å². The van der Waals surface area contributed by atoms with Gasteiger partial charge in [0.25, 0.3) is 0 Å². The van der Waals surface area contributed by atoms with Crippen LogP contribution < -0.4 is 10.4 Å². The second-order valence-corrected chi connectivity index (χ2v) is 4.51. The molecule has 0 amide bonds. The fourth-order valence-electron chi connectivity index (χ4n) is 1.90. The van der Waals surface area contributed by atoms with E-state index < -0.39 is 5.63 Å². The maximum atomic E-state index is 11.8. The summed E-state index contributed by atoms with van der Waals surface area (Å²) in [5.74, 6) is 0.988. The van der Waals surface area contributed by atoms with Crippen molar-refractivity contribution in [1.82, 2.24) is 4.98 Å². The fourth-order valence-corrected chi connectivity index (χ4v) is 1.90. The molecule has 0 atom stereocenters. The van der Waals surface area contributed by atoms with Crippen molar-refractivity contribution in [3.8, 4) is 5.75 Å². The van der Waals surface area contributed by atoms with Gasteiger partial charge in [-0.05, 0) is 31.2 Å². The molecular formula is C16H13NO3. The van der Waals surface area contributed by atoms with Crippen molar-refractivity contribution in [3.05, 3.63) is 70.4 Å². The van der Waals surface area contributed by atoms with Gasteiger partial charge in [0.2, 0.25) is 5.89 Å². The summed E-state index contributed by atoms with van der Waals surface area (Å²) in [6, 6.07) is 14.7. The van der Waals surface area contributed by atoms with E-state index in [0.717, 1.165) is 5.56 Å². The molecule has 4 nitrogen and oxygen atoms in total. The standard InChI is InChI=1S/C16H13NO3/c1-11-6-8-12(9-7-11)19-10-15-17-14-5-3-2-4-13(14)16(18)20-15/h2-9H,10H2,1H3. The minimum absolute atomic E-state index is 0.128. The number of aromatic nitrogens is 1. The first-order chi connectivity index (χ1) is 9.72. The molecule has 3 aromatic rings. The maximum absolute atomic E-state index is 11.8. The Morgan fingerprint density at radius 2 is 1.85 bits per heavy atom. The van der Waals surface area contributed by atoms with Gasteiger partial charge in [0, 0.05) is 0 Å². The van der Waals surface area contributed by atoms with Crippen molar-refractivity contribution in [1.29, 1.82) is 0 Å². The molecule has 2 aromatic carbocycles. The van der Waals surface area contributed by atoms with Crippen LogP contribution in [0.5, 0.6) is 5.75 Å². The van der Waals surface area contributed by atoms with Gasteiger partial charge in [-0.25, -0.2) is 9.78 Å². The molecular weight excluding hydrogens is 254 g/mol. The van der Waals surface area contributed by atoms with Crippen LogP contribution in [0, 0.1) is 6.92 Å². The molecule has 0 aliphatic heterocycles. The molecule has 0 radical (unpaired) electrons. The molecule has 20 heavy (non-hydrogen) atoms. The van der Waals surface area contributed by atoms with Crippen molar-refractivity contribution in [2.45, 2.75) is 13.5 Å². The molecule has 4 heteroatoms. The lowest BCUT2D eigenvalue weighted by molar-refractivity contribution is 0.253. The second-order valence-electron chi connectivity index (χ2n) is 4.51. The highest BCUT2D eigenvalue weighted by atomic mass is 16.5. The lowest BCUT2D eigenvalue weighted by Gasteiger charge is -2.05. The summed E-state index contributed by atoms with van der Waals surface area (Å²) in [7, 11) is 0. The summed E-state index contributed by atoms with van der Waals surface area (Å²) in [6.07, 6.45) is 0. The Labute approximate surface area is 115 Å². The Kier molecular flexibility index (Phi) is 3.21. The molecule has 0 bridgehead atoms. The number of para-hydroxylation sites is 1. The molecule has 0 N–H and O–H groups in total. The predicted molar refractivity (Wildman–Crippen MR) is 75.8 cm³/mol. The third-order valence-electron chi connectivity index (χ3n) is 2.96. The second kappa shape index (κ2) is 5.17. The maximum Gasteiger partial charge on any atom is 0.346 e. The summed E-state index contributed by atoms with van der Waals surface area (Å²) < 4.78 is 10.7. The minimum atomic E-state index is -0.391. The van der Waals surface area contributed by atoms with E-state index in [1.807, 2.05) is 37.3 Å². The monoisotopic (exact) mass is 267 g/mol. The molecule has 0 saturated heterocycles. The highest BCUT2D eigenvalue weighted by Crippen LogP contribution is 2.14. The van der Waals surface area contributed by atoms with Crippen molar-refractivity contribution < 1.29 is 9.15 Å². The summed E-state index contributed by atoms with van der Waals surface area (Å²) in [5.41, 5.74) is 1.39. The van der Waals surface area contributed by atoms with Crippen LogP contribution in [0.3, 0.4) is 0 Å². The Balaban J connectivity index is 1.84.